The van der Waals surface area contributed by atoms with Crippen molar-refractivity contribution in [3.8, 4) is 0 Å². The third kappa shape index (κ3) is 4.06. The van der Waals surface area contributed by atoms with E-state index >= 15 is 0 Å². The number of sulfone groups is 1. The van der Waals surface area contributed by atoms with Gasteiger partial charge in [0.15, 0.2) is 9.84 Å². The third-order valence-electron chi connectivity index (χ3n) is 6.59. The van der Waals surface area contributed by atoms with Crippen LogP contribution in [0.2, 0.25) is 0 Å². The second-order valence-electron chi connectivity index (χ2n) is 8.48. The van der Waals surface area contributed by atoms with Crippen molar-refractivity contribution in [3.05, 3.63) is 66.2 Å². The summed E-state index contributed by atoms with van der Waals surface area (Å²) in [5.74, 6) is -1.05. The van der Waals surface area contributed by atoms with Gasteiger partial charge in [-0.05, 0) is 48.9 Å². The summed E-state index contributed by atoms with van der Waals surface area (Å²) in [6, 6.07) is 17.2. The molecule has 2 aromatic rings. The lowest BCUT2D eigenvalue weighted by Gasteiger charge is -2.34. The Labute approximate surface area is 177 Å². The molecule has 0 spiro atoms. The van der Waals surface area contributed by atoms with Crippen LogP contribution in [0.1, 0.15) is 36.5 Å². The third-order valence-corrected chi connectivity index (χ3v) is 8.37. The average molecular weight is 427 g/mol. The molecule has 0 N–H and O–H groups in total. The Morgan fingerprint density at radius 2 is 1.63 bits per heavy atom. The number of hydrogen-bond donors (Lipinski definition) is 0. The van der Waals surface area contributed by atoms with Crippen molar-refractivity contribution in [1.82, 2.24) is 0 Å². The molecule has 0 amide bonds. The van der Waals surface area contributed by atoms with E-state index in [2.05, 4.69) is 0 Å². The molecule has 5 nitrogen and oxygen atoms in total. The van der Waals surface area contributed by atoms with E-state index in [0.717, 1.165) is 0 Å². The van der Waals surface area contributed by atoms with E-state index in [1.54, 1.807) is 54.6 Å². The summed E-state index contributed by atoms with van der Waals surface area (Å²) >= 11 is 0. The SMILES string of the molecule is CC1CC2C(CS(=O)(=O)c3ccccc3)C(=O)CCC2[C@H]1OC(=O)c1ccccc1. The van der Waals surface area contributed by atoms with Crippen molar-refractivity contribution >= 4 is 21.6 Å². The molecule has 0 bridgehead atoms. The zero-order valence-electron chi connectivity index (χ0n) is 16.9. The number of benzene rings is 2. The van der Waals surface area contributed by atoms with Crippen molar-refractivity contribution in [2.75, 3.05) is 5.75 Å². The van der Waals surface area contributed by atoms with Gasteiger partial charge in [0.2, 0.25) is 0 Å². The van der Waals surface area contributed by atoms with E-state index in [4.69, 9.17) is 4.74 Å². The van der Waals surface area contributed by atoms with Gasteiger partial charge < -0.3 is 4.74 Å². The number of Topliss-reactive ketones (excluding diaryl/α,β-unsaturated/α-hetero) is 1. The minimum atomic E-state index is -3.56. The lowest BCUT2D eigenvalue weighted by atomic mass is 9.73. The minimum absolute atomic E-state index is 0.0120. The van der Waals surface area contributed by atoms with Crippen LogP contribution in [0.4, 0.5) is 0 Å². The molecule has 6 heteroatoms. The number of carbonyl (C=O) groups excluding carboxylic acids is 2. The van der Waals surface area contributed by atoms with Gasteiger partial charge in [0.05, 0.1) is 16.2 Å². The van der Waals surface area contributed by atoms with Crippen LogP contribution in [0.25, 0.3) is 0 Å². The van der Waals surface area contributed by atoms with Gasteiger partial charge in [-0.1, -0.05) is 43.3 Å². The molecule has 0 aliphatic heterocycles. The maximum Gasteiger partial charge on any atom is 0.338 e. The predicted octanol–water partition coefficient (Wildman–Crippen LogP) is 3.94. The Bertz CT molecular complexity index is 1020. The highest BCUT2D eigenvalue weighted by atomic mass is 32.2. The molecule has 4 rings (SSSR count). The zero-order valence-corrected chi connectivity index (χ0v) is 17.8. The first kappa shape index (κ1) is 20.8. The van der Waals surface area contributed by atoms with Crippen LogP contribution < -0.4 is 0 Å². The van der Waals surface area contributed by atoms with Crippen molar-refractivity contribution in [2.45, 2.75) is 37.2 Å². The first-order valence-corrected chi connectivity index (χ1v) is 12.1. The minimum Gasteiger partial charge on any atom is -0.458 e. The van der Waals surface area contributed by atoms with Crippen LogP contribution in [0.15, 0.2) is 65.6 Å². The predicted molar refractivity (Wildman–Crippen MR) is 113 cm³/mol. The highest BCUT2D eigenvalue weighted by molar-refractivity contribution is 7.91. The van der Waals surface area contributed by atoms with Crippen LogP contribution in [0, 0.1) is 23.7 Å². The second kappa shape index (κ2) is 8.34. The summed E-state index contributed by atoms with van der Waals surface area (Å²) < 4.78 is 31.7. The van der Waals surface area contributed by atoms with Crippen LogP contribution >= 0.6 is 0 Å². The van der Waals surface area contributed by atoms with Gasteiger partial charge >= 0.3 is 5.97 Å². The first-order chi connectivity index (χ1) is 14.4. The van der Waals surface area contributed by atoms with Crippen molar-refractivity contribution in [2.24, 2.45) is 23.7 Å². The van der Waals surface area contributed by atoms with E-state index < -0.39 is 15.8 Å². The monoisotopic (exact) mass is 426 g/mol. The number of fused-ring (bicyclic) bond motifs is 1. The molecule has 2 aliphatic carbocycles. The molecule has 2 saturated carbocycles. The summed E-state index contributed by atoms with van der Waals surface area (Å²) in [6.07, 6.45) is 1.38. The molecule has 2 aliphatic rings. The molecule has 4 unspecified atom stereocenters. The van der Waals surface area contributed by atoms with Crippen LogP contribution in [0.3, 0.4) is 0 Å². The van der Waals surface area contributed by atoms with Gasteiger partial charge in [0.25, 0.3) is 0 Å². The van der Waals surface area contributed by atoms with E-state index in [-0.39, 0.29) is 46.3 Å². The van der Waals surface area contributed by atoms with Gasteiger partial charge in [0.1, 0.15) is 11.9 Å². The second-order valence-corrected chi connectivity index (χ2v) is 10.5. The maximum atomic E-state index is 12.9. The van der Waals surface area contributed by atoms with E-state index in [9.17, 15) is 18.0 Å². The summed E-state index contributed by atoms with van der Waals surface area (Å²) in [6.45, 7) is 2.02. The fraction of sp³-hybridized carbons (Fsp3) is 0.417. The zero-order chi connectivity index (χ0) is 21.3. The van der Waals surface area contributed by atoms with Crippen molar-refractivity contribution in [3.63, 3.8) is 0 Å². The van der Waals surface area contributed by atoms with E-state index in [0.29, 0.717) is 24.8 Å². The van der Waals surface area contributed by atoms with E-state index in [1.807, 2.05) is 13.0 Å². The molecule has 0 aromatic heterocycles. The summed E-state index contributed by atoms with van der Waals surface area (Å²) in [5, 5.41) is 0. The largest absolute Gasteiger partial charge is 0.458 e. The molecule has 0 radical (unpaired) electrons. The number of ketones is 1. The quantitative estimate of drug-likeness (QED) is 0.677. The molecule has 2 aromatic carbocycles. The Morgan fingerprint density at radius 3 is 2.30 bits per heavy atom. The van der Waals surface area contributed by atoms with Gasteiger partial charge in [-0.2, -0.15) is 0 Å². The highest BCUT2D eigenvalue weighted by Crippen LogP contribution is 2.49. The fourth-order valence-corrected chi connectivity index (χ4v) is 6.79. The van der Waals surface area contributed by atoms with Crippen molar-refractivity contribution in [1.29, 1.82) is 0 Å². The summed E-state index contributed by atoms with van der Waals surface area (Å²) in [5.41, 5.74) is 0.503. The molecular formula is C24H26O5S. The number of esters is 1. The normalized spacial score (nSPS) is 28.7. The number of rotatable bonds is 5. The fourth-order valence-electron chi connectivity index (χ4n) is 5.12. The van der Waals surface area contributed by atoms with Crippen LogP contribution in [-0.4, -0.2) is 32.0 Å². The topological polar surface area (TPSA) is 77.5 Å². The lowest BCUT2D eigenvalue weighted by Crippen LogP contribution is -2.40. The Kier molecular flexibility index (Phi) is 5.78. The molecule has 158 valence electrons. The highest BCUT2D eigenvalue weighted by Gasteiger charge is 2.51. The standard InChI is InChI=1S/C24H26O5S/c1-16-14-20-19(23(16)29-24(26)17-8-4-2-5-9-17)12-13-22(25)21(20)15-30(27,28)18-10-6-3-7-11-18/h2-11,16,19-21,23H,12-15H2,1H3/t16?,19?,20?,21?,23-/m0/s1. The van der Waals surface area contributed by atoms with E-state index in [1.165, 1.54) is 0 Å². The lowest BCUT2D eigenvalue weighted by molar-refractivity contribution is -0.127. The van der Waals surface area contributed by atoms with Gasteiger partial charge in [-0.3, -0.25) is 4.79 Å². The smallest absolute Gasteiger partial charge is 0.338 e. The maximum absolute atomic E-state index is 12.9. The van der Waals surface area contributed by atoms with Crippen molar-refractivity contribution < 1.29 is 22.7 Å². The molecule has 30 heavy (non-hydrogen) atoms. The Hall–Kier alpha value is -2.47. The Morgan fingerprint density at radius 1 is 1.00 bits per heavy atom. The molecular weight excluding hydrogens is 400 g/mol. The average Bonchev–Trinajstić information content (AvgIpc) is 3.07. The van der Waals surface area contributed by atoms with Gasteiger partial charge in [0, 0.05) is 18.3 Å². The summed E-state index contributed by atoms with van der Waals surface area (Å²) in [7, 11) is -3.56. The Balaban J connectivity index is 1.53. The number of carbonyl (C=O) groups is 2. The van der Waals surface area contributed by atoms with Gasteiger partial charge in [-0.25, -0.2) is 13.2 Å². The molecule has 5 atom stereocenters. The van der Waals surface area contributed by atoms with Gasteiger partial charge in [-0.15, -0.1) is 0 Å². The molecule has 0 saturated heterocycles. The first-order valence-electron chi connectivity index (χ1n) is 10.4. The van der Waals surface area contributed by atoms with Crippen LogP contribution in [-0.2, 0) is 19.4 Å². The summed E-state index contributed by atoms with van der Waals surface area (Å²) in [4.78, 5) is 25.6. The molecule has 2 fully saturated rings. The number of ether oxygens (including phenoxy) is 1. The van der Waals surface area contributed by atoms with Crippen LogP contribution in [0.5, 0.6) is 0 Å². The molecule has 0 heterocycles. The number of hydrogen-bond acceptors (Lipinski definition) is 5.